The van der Waals surface area contributed by atoms with E-state index in [0.29, 0.717) is 0 Å². The molecule has 0 spiro atoms. The van der Waals surface area contributed by atoms with Crippen LogP contribution in [0.3, 0.4) is 0 Å². The van der Waals surface area contributed by atoms with Gasteiger partial charge in [-0.2, -0.15) is 4.31 Å². The van der Waals surface area contributed by atoms with E-state index in [4.69, 9.17) is 4.74 Å². The molecule has 9 heteroatoms. The molecule has 1 amide bonds. The smallest absolute Gasteiger partial charge is 0.259 e. The molecule has 2 aromatic carbocycles. The fourth-order valence-electron chi connectivity index (χ4n) is 4.31. The molecule has 0 bridgehead atoms. The van der Waals surface area contributed by atoms with E-state index in [-0.39, 0.29) is 47.9 Å². The van der Waals surface area contributed by atoms with Crippen LogP contribution in [0.15, 0.2) is 77.8 Å². The van der Waals surface area contributed by atoms with Crippen LogP contribution in [0.4, 0.5) is 0 Å². The van der Waals surface area contributed by atoms with Gasteiger partial charge >= 0.3 is 0 Å². The van der Waals surface area contributed by atoms with Gasteiger partial charge in [-0.15, -0.1) is 0 Å². The second-order valence-electron chi connectivity index (χ2n) is 9.59. The normalized spacial score (nSPS) is 19.1. The number of aromatic nitrogens is 1. The van der Waals surface area contributed by atoms with E-state index >= 15 is 0 Å². The first kappa shape index (κ1) is 27.5. The van der Waals surface area contributed by atoms with Crippen LogP contribution in [0.1, 0.15) is 35.3 Å². The molecule has 3 atom stereocenters. The van der Waals surface area contributed by atoms with Crippen molar-refractivity contribution in [3.05, 3.63) is 89.6 Å². The van der Waals surface area contributed by atoms with E-state index in [1.165, 1.54) is 11.4 Å². The van der Waals surface area contributed by atoms with E-state index in [1.54, 1.807) is 54.4 Å². The van der Waals surface area contributed by atoms with Gasteiger partial charge < -0.3 is 14.7 Å². The monoisotopic (exact) mass is 535 g/mol. The summed E-state index contributed by atoms with van der Waals surface area (Å²) in [6, 6.07) is 19.3. The quantitative estimate of drug-likeness (QED) is 0.471. The van der Waals surface area contributed by atoms with Gasteiger partial charge in [-0.3, -0.25) is 4.79 Å². The summed E-state index contributed by atoms with van der Waals surface area (Å²) in [5.41, 5.74) is 2.00. The number of amides is 1. The van der Waals surface area contributed by atoms with Gasteiger partial charge in [0.2, 0.25) is 15.9 Å². The summed E-state index contributed by atoms with van der Waals surface area (Å²) < 4.78 is 33.8. The second-order valence-corrected chi connectivity index (χ2v) is 11.6. The molecule has 0 radical (unpaired) electrons. The first-order chi connectivity index (χ1) is 18.2. The maximum absolute atomic E-state index is 13.6. The molecule has 0 fully saturated rings. The summed E-state index contributed by atoms with van der Waals surface area (Å²) in [6.45, 7) is 3.82. The van der Waals surface area contributed by atoms with Gasteiger partial charge in [-0.25, -0.2) is 13.4 Å². The number of carbonyl (C=O) groups excluding carboxylic acids is 1. The number of aliphatic hydroxyl groups excluding tert-OH is 1. The molecule has 3 aromatic rings. The average molecular weight is 536 g/mol. The van der Waals surface area contributed by atoms with E-state index in [1.807, 2.05) is 49.4 Å². The minimum absolute atomic E-state index is 0.0602. The first-order valence-corrected chi connectivity index (χ1v) is 14.0. The number of hydrogen-bond acceptors (Lipinski definition) is 6. The number of benzene rings is 2. The van der Waals surface area contributed by atoms with Crippen molar-refractivity contribution >= 4 is 28.1 Å². The minimum atomic E-state index is -3.74. The predicted molar refractivity (Wildman–Crippen MR) is 147 cm³/mol. The minimum Gasteiger partial charge on any atom is -0.472 e. The fourth-order valence-corrected chi connectivity index (χ4v) is 5.51. The van der Waals surface area contributed by atoms with Crippen molar-refractivity contribution in [3.63, 3.8) is 0 Å². The number of fused-ring (bicyclic) bond motifs is 1. The Morgan fingerprint density at radius 3 is 2.39 bits per heavy atom. The van der Waals surface area contributed by atoms with Crippen molar-refractivity contribution in [3.8, 4) is 5.88 Å². The zero-order valence-corrected chi connectivity index (χ0v) is 22.6. The van der Waals surface area contributed by atoms with Gasteiger partial charge in [0, 0.05) is 25.7 Å². The third-order valence-corrected chi connectivity index (χ3v) is 8.54. The van der Waals surface area contributed by atoms with Crippen LogP contribution in [0, 0.1) is 5.92 Å². The van der Waals surface area contributed by atoms with Crippen molar-refractivity contribution in [2.75, 3.05) is 26.7 Å². The molecule has 0 aliphatic carbocycles. The summed E-state index contributed by atoms with van der Waals surface area (Å²) in [6.07, 6.45) is 4.84. The van der Waals surface area contributed by atoms with Gasteiger partial charge in [-0.1, -0.05) is 67.6 Å². The Bertz CT molecular complexity index is 1380. The van der Waals surface area contributed by atoms with Crippen molar-refractivity contribution in [2.24, 2.45) is 5.92 Å². The Morgan fingerprint density at radius 1 is 1.11 bits per heavy atom. The molecule has 1 aliphatic rings. The number of hydrogen-bond donors (Lipinski definition) is 1. The largest absolute Gasteiger partial charge is 0.472 e. The van der Waals surface area contributed by atoms with Crippen LogP contribution >= 0.6 is 0 Å². The number of carbonyl (C=O) groups is 1. The predicted octanol–water partition coefficient (Wildman–Crippen LogP) is 3.79. The molecule has 0 saturated heterocycles. The Morgan fingerprint density at radius 2 is 1.74 bits per heavy atom. The molecule has 38 heavy (non-hydrogen) atoms. The highest BCUT2D eigenvalue weighted by Gasteiger charge is 2.35. The number of likely N-dealkylation sites (N-methyl/N-ethyl adjacent to an activating group) is 1. The molecular weight excluding hydrogens is 502 g/mol. The summed E-state index contributed by atoms with van der Waals surface area (Å²) in [5.74, 6) is -0.391. The number of rotatable bonds is 8. The number of aliphatic hydroxyl groups is 1. The van der Waals surface area contributed by atoms with Crippen molar-refractivity contribution in [1.82, 2.24) is 14.2 Å². The second kappa shape index (κ2) is 11.9. The highest BCUT2D eigenvalue weighted by molar-refractivity contribution is 7.89. The Balaban J connectivity index is 1.67. The fraction of sp³-hybridized carbons (Fsp3) is 0.310. The molecule has 1 aromatic heterocycles. The highest BCUT2D eigenvalue weighted by atomic mass is 32.2. The maximum Gasteiger partial charge on any atom is 0.259 e. The number of pyridine rings is 1. The standard InChI is InChI=1S/C29H33N3O5S/c1-21-18-32(22(2)20-33)29(34)26-16-24(15-14-23-10-6-4-7-11-23)17-30-28(26)37-27(21)19-31(3)38(35,36)25-12-8-5-9-13-25/h4-17,21-22,27,33H,18-20H2,1-3H3/b15-14+/t21-,22-,27-/m1/s1. The van der Waals surface area contributed by atoms with Crippen molar-refractivity contribution in [1.29, 1.82) is 0 Å². The van der Waals surface area contributed by atoms with Crippen LogP contribution in [-0.4, -0.2) is 72.5 Å². The lowest BCUT2D eigenvalue weighted by Gasteiger charge is -2.37. The van der Waals surface area contributed by atoms with Crippen LogP contribution in [0.2, 0.25) is 0 Å². The number of nitrogens with zero attached hydrogens (tertiary/aromatic N) is 3. The van der Waals surface area contributed by atoms with Gasteiger partial charge in [0.15, 0.2) is 0 Å². The summed E-state index contributed by atoms with van der Waals surface area (Å²) >= 11 is 0. The Hall–Kier alpha value is -3.53. The maximum atomic E-state index is 13.6. The lowest BCUT2D eigenvalue weighted by atomic mass is 10.00. The summed E-state index contributed by atoms with van der Waals surface area (Å²) in [7, 11) is -2.23. The van der Waals surface area contributed by atoms with Crippen LogP contribution in [0.5, 0.6) is 5.88 Å². The molecule has 0 saturated carbocycles. The van der Waals surface area contributed by atoms with Crippen molar-refractivity contribution < 1.29 is 23.1 Å². The van der Waals surface area contributed by atoms with Gasteiger partial charge in [-0.05, 0) is 36.2 Å². The van der Waals surface area contributed by atoms with Crippen LogP contribution < -0.4 is 4.74 Å². The lowest BCUT2D eigenvalue weighted by molar-refractivity contribution is 0.0373. The molecule has 2 heterocycles. The van der Waals surface area contributed by atoms with E-state index in [0.717, 1.165) is 11.1 Å². The van der Waals surface area contributed by atoms with E-state index < -0.39 is 22.2 Å². The Kier molecular flexibility index (Phi) is 8.61. The molecule has 8 nitrogen and oxygen atoms in total. The van der Waals surface area contributed by atoms with E-state index in [2.05, 4.69) is 4.98 Å². The highest BCUT2D eigenvalue weighted by Crippen LogP contribution is 2.28. The molecule has 1 aliphatic heterocycles. The number of ether oxygens (including phenoxy) is 1. The number of sulfonamides is 1. The van der Waals surface area contributed by atoms with Gasteiger partial charge in [0.1, 0.15) is 11.7 Å². The third-order valence-electron chi connectivity index (χ3n) is 6.70. The van der Waals surface area contributed by atoms with Crippen LogP contribution in [0.25, 0.3) is 12.2 Å². The summed E-state index contributed by atoms with van der Waals surface area (Å²) in [4.78, 5) is 19.9. The Labute approximate surface area is 224 Å². The van der Waals surface area contributed by atoms with Gasteiger partial charge in [0.05, 0.1) is 24.1 Å². The average Bonchev–Trinajstić information content (AvgIpc) is 2.94. The molecule has 200 valence electrons. The SMILES string of the molecule is C[C@@H]1CN([C@H](C)CO)C(=O)c2cc(/C=C/c3ccccc3)cnc2O[C@@H]1CN(C)S(=O)(=O)c1ccccc1. The van der Waals surface area contributed by atoms with E-state index in [9.17, 15) is 18.3 Å². The summed E-state index contributed by atoms with van der Waals surface area (Å²) in [5, 5.41) is 9.87. The zero-order valence-electron chi connectivity index (χ0n) is 21.8. The van der Waals surface area contributed by atoms with Gasteiger partial charge in [0.25, 0.3) is 5.91 Å². The topological polar surface area (TPSA) is 100 Å². The zero-order chi connectivity index (χ0) is 27.3. The molecular formula is C29H33N3O5S. The molecule has 0 unspecified atom stereocenters. The van der Waals surface area contributed by atoms with Crippen LogP contribution in [-0.2, 0) is 10.0 Å². The van der Waals surface area contributed by atoms with Crippen molar-refractivity contribution in [2.45, 2.75) is 30.9 Å². The first-order valence-electron chi connectivity index (χ1n) is 12.5. The third kappa shape index (κ3) is 6.12. The molecule has 4 rings (SSSR count). The molecule has 1 N–H and O–H groups in total. The lowest BCUT2D eigenvalue weighted by Crippen LogP contribution is -2.50.